The highest BCUT2D eigenvalue weighted by atomic mass is 16.5. The van der Waals surface area contributed by atoms with Gasteiger partial charge in [0.15, 0.2) is 5.69 Å². The van der Waals surface area contributed by atoms with Crippen LogP contribution in [0, 0.1) is 5.92 Å². The molecule has 1 aliphatic carbocycles. The van der Waals surface area contributed by atoms with E-state index in [0.29, 0.717) is 18.4 Å². The fourth-order valence-electron chi connectivity index (χ4n) is 4.34. The Bertz CT molecular complexity index is 1310. The van der Waals surface area contributed by atoms with Crippen molar-refractivity contribution in [3.8, 4) is 0 Å². The normalized spacial score (nSPS) is 16.9. The molecule has 0 saturated heterocycles. The number of amides is 1. The molecule has 1 saturated carbocycles. The molecule has 2 aromatic heterocycles. The van der Waals surface area contributed by atoms with Crippen LogP contribution in [0.4, 0.5) is 11.5 Å². The van der Waals surface area contributed by atoms with Crippen LogP contribution < -0.4 is 21.9 Å². The van der Waals surface area contributed by atoms with Crippen LogP contribution in [0.15, 0.2) is 56.5 Å². The standard InChI is InChI=1S/C26H33N5O5/c1-17-13-20(17)21-10-9-19(36-21)15-29(2)16-22(32)30(11-12-35-3)23-24(27)31(26(34)28-25(23)33)14-18-7-5-4-6-8-18/h4-10,17,20H,11-16,27H2,1-3H3,(H,28,33,34). The number of likely N-dealkylation sites (N-methyl/N-ethyl adjacent to an activating group) is 1. The highest BCUT2D eigenvalue weighted by Gasteiger charge is 2.36. The number of rotatable bonds is 11. The minimum absolute atomic E-state index is 0.0102. The average Bonchev–Trinajstić information content (AvgIpc) is 3.39. The third kappa shape index (κ3) is 5.77. The Hall–Kier alpha value is -3.63. The van der Waals surface area contributed by atoms with Gasteiger partial charge in [0.25, 0.3) is 5.56 Å². The van der Waals surface area contributed by atoms with E-state index < -0.39 is 11.2 Å². The molecule has 2 atom stereocenters. The molecule has 0 bridgehead atoms. The van der Waals surface area contributed by atoms with E-state index in [2.05, 4.69) is 11.9 Å². The lowest BCUT2D eigenvalue weighted by molar-refractivity contribution is -0.119. The van der Waals surface area contributed by atoms with Gasteiger partial charge in [-0.05, 0) is 37.1 Å². The van der Waals surface area contributed by atoms with Crippen molar-refractivity contribution < 1.29 is 13.9 Å². The first-order valence-electron chi connectivity index (χ1n) is 12.0. The molecule has 1 fully saturated rings. The topological polar surface area (TPSA) is 127 Å². The van der Waals surface area contributed by atoms with Crippen LogP contribution in [-0.2, 0) is 22.6 Å². The van der Waals surface area contributed by atoms with Crippen molar-refractivity contribution >= 4 is 17.4 Å². The molecule has 1 amide bonds. The van der Waals surface area contributed by atoms with Crippen molar-refractivity contribution in [1.82, 2.24) is 14.5 Å². The summed E-state index contributed by atoms with van der Waals surface area (Å²) >= 11 is 0. The first-order chi connectivity index (χ1) is 17.3. The summed E-state index contributed by atoms with van der Waals surface area (Å²) in [4.78, 5) is 44.2. The minimum atomic E-state index is -0.719. The van der Waals surface area contributed by atoms with Crippen molar-refractivity contribution in [2.45, 2.75) is 32.4 Å². The third-order valence-electron chi connectivity index (χ3n) is 6.48. The number of methoxy groups -OCH3 is 1. The number of benzene rings is 1. The SMILES string of the molecule is COCCN(C(=O)CN(C)Cc1ccc(C2CC2C)o1)c1c(N)n(Cc2ccccc2)c(=O)[nH]c1=O. The number of H-pyrrole nitrogens is 1. The van der Waals surface area contributed by atoms with E-state index in [0.717, 1.165) is 23.5 Å². The number of ether oxygens (including phenoxy) is 1. The zero-order valence-corrected chi connectivity index (χ0v) is 20.9. The number of carbonyl (C=O) groups excluding carboxylic acids is 1. The van der Waals surface area contributed by atoms with Gasteiger partial charge in [0.1, 0.15) is 17.3 Å². The van der Waals surface area contributed by atoms with Crippen LogP contribution in [0.5, 0.6) is 0 Å². The summed E-state index contributed by atoms with van der Waals surface area (Å²) in [7, 11) is 3.31. The lowest BCUT2D eigenvalue weighted by atomic mass is 10.2. The number of aromatic amines is 1. The Kier molecular flexibility index (Phi) is 7.76. The summed E-state index contributed by atoms with van der Waals surface area (Å²) in [5.74, 6) is 2.46. The largest absolute Gasteiger partial charge is 0.464 e. The molecule has 1 aliphatic rings. The molecule has 1 aromatic carbocycles. The van der Waals surface area contributed by atoms with Gasteiger partial charge in [-0.1, -0.05) is 37.3 Å². The number of nitrogens with zero attached hydrogens (tertiary/aromatic N) is 3. The van der Waals surface area contributed by atoms with Crippen molar-refractivity contribution in [1.29, 1.82) is 0 Å². The monoisotopic (exact) mass is 495 g/mol. The molecule has 3 aromatic rings. The fourth-order valence-corrected chi connectivity index (χ4v) is 4.34. The zero-order valence-electron chi connectivity index (χ0n) is 20.9. The maximum absolute atomic E-state index is 13.4. The summed E-state index contributed by atoms with van der Waals surface area (Å²) in [6, 6.07) is 13.2. The molecule has 10 nitrogen and oxygen atoms in total. The summed E-state index contributed by atoms with van der Waals surface area (Å²) in [5.41, 5.74) is 5.73. The van der Waals surface area contributed by atoms with Crippen molar-refractivity contribution in [2.24, 2.45) is 5.92 Å². The molecule has 4 rings (SSSR count). The van der Waals surface area contributed by atoms with Crippen LogP contribution in [0.2, 0.25) is 0 Å². The van der Waals surface area contributed by atoms with E-state index in [1.807, 2.05) is 47.4 Å². The molecular formula is C26H33N5O5. The fraction of sp³-hybridized carbons (Fsp3) is 0.423. The molecular weight excluding hydrogens is 462 g/mol. The summed E-state index contributed by atoms with van der Waals surface area (Å²) in [6.07, 6.45) is 1.14. The van der Waals surface area contributed by atoms with E-state index in [4.69, 9.17) is 14.9 Å². The van der Waals surface area contributed by atoms with E-state index in [1.54, 1.807) is 7.05 Å². The van der Waals surface area contributed by atoms with E-state index in [1.165, 1.54) is 16.6 Å². The van der Waals surface area contributed by atoms with Gasteiger partial charge in [-0.3, -0.25) is 24.0 Å². The molecule has 0 radical (unpaired) electrons. The molecule has 192 valence electrons. The van der Waals surface area contributed by atoms with Crippen molar-refractivity contribution in [3.63, 3.8) is 0 Å². The first-order valence-corrected chi connectivity index (χ1v) is 12.0. The lowest BCUT2D eigenvalue weighted by Crippen LogP contribution is -2.45. The maximum Gasteiger partial charge on any atom is 0.330 e. The van der Waals surface area contributed by atoms with Gasteiger partial charge in [-0.15, -0.1) is 0 Å². The number of hydrogen-bond donors (Lipinski definition) is 2. The average molecular weight is 496 g/mol. The van der Waals surface area contributed by atoms with Gasteiger partial charge in [-0.25, -0.2) is 4.79 Å². The Labute approximate surface area is 209 Å². The molecule has 10 heteroatoms. The Morgan fingerprint density at radius 3 is 2.61 bits per heavy atom. The number of furan rings is 1. The first kappa shape index (κ1) is 25.5. The van der Waals surface area contributed by atoms with Gasteiger partial charge >= 0.3 is 5.69 Å². The third-order valence-corrected chi connectivity index (χ3v) is 6.48. The van der Waals surface area contributed by atoms with E-state index in [-0.39, 0.29) is 43.7 Å². The number of anilines is 2. The van der Waals surface area contributed by atoms with Crippen LogP contribution in [0.25, 0.3) is 0 Å². The van der Waals surface area contributed by atoms with Crippen LogP contribution in [-0.4, -0.2) is 54.2 Å². The van der Waals surface area contributed by atoms with Gasteiger partial charge in [0, 0.05) is 19.6 Å². The minimum Gasteiger partial charge on any atom is -0.464 e. The number of hydrogen-bond acceptors (Lipinski definition) is 7. The highest BCUT2D eigenvalue weighted by Crippen LogP contribution is 2.47. The number of nitrogens with one attached hydrogen (secondary N) is 1. The molecule has 0 spiro atoms. The van der Waals surface area contributed by atoms with Gasteiger partial charge in [0.2, 0.25) is 5.91 Å². The molecule has 2 unspecified atom stereocenters. The maximum atomic E-state index is 13.4. The quantitative estimate of drug-likeness (QED) is 0.417. The molecule has 3 N–H and O–H groups in total. The van der Waals surface area contributed by atoms with E-state index in [9.17, 15) is 14.4 Å². The number of aromatic nitrogens is 2. The van der Waals surface area contributed by atoms with Gasteiger partial charge < -0.3 is 19.8 Å². The van der Waals surface area contributed by atoms with Crippen molar-refractivity contribution in [2.75, 3.05) is 44.5 Å². The predicted octanol–water partition coefficient (Wildman–Crippen LogP) is 1.99. The van der Waals surface area contributed by atoms with Gasteiger partial charge in [0.05, 0.1) is 26.2 Å². The lowest BCUT2D eigenvalue weighted by Gasteiger charge is -2.26. The van der Waals surface area contributed by atoms with Crippen LogP contribution in [0.1, 0.15) is 36.3 Å². The van der Waals surface area contributed by atoms with Crippen LogP contribution in [0.3, 0.4) is 0 Å². The number of nitrogens with two attached hydrogens (primary N) is 1. The second kappa shape index (κ2) is 11.0. The zero-order chi connectivity index (χ0) is 25.8. The smallest absolute Gasteiger partial charge is 0.330 e. The Balaban J connectivity index is 1.55. The van der Waals surface area contributed by atoms with Crippen molar-refractivity contribution in [3.05, 3.63) is 80.4 Å². The highest BCUT2D eigenvalue weighted by molar-refractivity contribution is 5.96. The molecule has 0 aliphatic heterocycles. The predicted molar refractivity (Wildman–Crippen MR) is 137 cm³/mol. The number of nitrogen functional groups attached to an aromatic ring is 1. The van der Waals surface area contributed by atoms with Gasteiger partial charge in [-0.2, -0.15) is 0 Å². The summed E-state index contributed by atoms with van der Waals surface area (Å²) in [6.45, 7) is 3.09. The second-order valence-electron chi connectivity index (χ2n) is 9.40. The second-order valence-corrected chi connectivity index (χ2v) is 9.40. The van der Waals surface area contributed by atoms with E-state index >= 15 is 0 Å². The molecule has 2 heterocycles. The Morgan fingerprint density at radius 2 is 1.94 bits per heavy atom. The summed E-state index contributed by atoms with van der Waals surface area (Å²) in [5, 5.41) is 0. The molecule has 36 heavy (non-hydrogen) atoms. The summed E-state index contributed by atoms with van der Waals surface area (Å²) < 4.78 is 12.4. The Morgan fingerprint density at radius 1 is 1.22 bits per heavy atom. The van der Waals surface area contributed by atoms with Crippen LogP contribution >= 0.6 is 0 Å². The number of carbonyl (C=O) groups is 1.